The molecule has 0 saturated carbocycles. The summed E-state index contributed by atoms with van der Waals surface area (Å²) in [5.74, 6) is -0.281. The van der Waals surface area contributed by atoms with Crippen molar-refractivity contribution in [2.45, 2.75) is 25.2 Å². The largest absolute Gasteiger partial charge is 0.240 e. The third kappa shape index (κ3) is 3.89. The summed E-state index contributed by atoms with van der Waals surface area (Å²) in [5.41, 5.74) is 2.47. The summed E-state index contributed by atoms with van der Waals surface area (Å²) < 4.78 is 40.0. The first kappa shape index (κ1) is 15.7. The van der Waals surface area contributed by atoms with Crippen LogP contribution in [0, 0.1) is 19.7 Å². The van der Waals surface area contributed by atoms with Crippen LogP contribution in [-0.4, -0.2) is 15.0 Å². The second-order valence-electron chi connectivity index (χ2n) is 4.98. The molecule has 5 heteroatoms. The summed E-state index contributed by atoms with van der Waals surface area (Å²) in [4.78, 5) is 0.292. The van der Waals surface area contributed by atoms with Crippen molar-refractivity contribution in [2.24, 2.45) is 0 Å². The van der Waals surface area contributed by atoms with E-state index in [-0.39, 0.29) is 12.4 Å². The molecule has 0 aliphatic heterocycles. The van der Waals surface area contributed by atoms with E-state index >= 15 is 0 Å². The lowest BCUT2D eigenvalue weighted by Gasteiger charge is -2.10. The minimum absolute atomic E-state index is 0.281. The predicted molar refractivity (Wildman–Crippen MR) is 81.2 cm³/mol. The third-order valence-electron chi connectivity index (χ3n) is 3.37. The molecule has 2 rings (SSSR count). The van der Waals surface area contributed by atoms with Crippen molar-refractivity contribution in [3.8, 4) is 0 Å². The second-order valence-corrected chi connectivity index (χ2v) is 6.72. The van der Waals surface area contributed by atoms with E-state index in [2.05, 4.69) is 4.72 Å². The quantitative estimate of drug-likeness (QED) is 0.923. The molecule has 2 aromatic carbocycles. The summed E-state index contributed by atoms with van der Waals surface area (Å²) in [5, 5.41) is 0. The maximum absolute atomic E-state index is 13.0. The van der Waals surface area contributed by atoms with Gasteiger partial charge in [0.15, 0.2) is 0 Å². The summed E-state index contributed by atoms with van der Waals surface area (Å²) in [6.45, 7) is 3.86. The number of aryl methyl sites for hydroxylation is 2. The van der Waals surface area contributed by atoms with E-state index in [0.717, 1.165) is 11.1 Å². The Labute approximate surface area is 124 Å². The number of nitrogens with one attached hydrogen (secondary N) is 1. The highest BCUT2D eigenvalue weighted by Crippen LogP contribution is 2.14. The number of benzene rings is 2. The molecule has 1 N–H and O–H groups in total. The Kier molecular flexibility index (Phi) is 4.75. The van der Waals surface area contributed by atoms with Gasteiger partial charge in [-0.1, -0.05) is 24.3 Å². The Morgan fingerprint density at radius 1 is 1.05 bits per heavy atom. The molecule has 21 heavy (non-hydrogen) atoms. The van der Waals surface area contributed by atoms with Crippen molar-refractivity contribution in [1.29, 1.82) is 0 Å². The van der Waals surface area contributed by atoms with Gasteiger partial charge in [0, 0.05) is 6.54 Å². The van der Waals surface area contributed by atoms with Crippen LogP contribution in [-0.2, 0) is 16.4 Å². The molecule has 0 saturated heterocycles. The SMILES string of the molecule is Cc1cc(F)ccc1CCNS(=O)(=O)c1ccccc1C. The van der Waals surface area contributed by atoms with Gasteiger partial charge in [0.1, 0.15) is 5.82 Å². The first-order valence-corrected chi connectivity index (χ1v) is 8.19. The van der Waals surface area contributed by atoms with Gasteiger partial charge in [-0.25, -0.2) is 17.5 Å². The lowest BCUT2D eigenvalue weighted by molar-refractivity contribution is 0.580. The van der Waals surface area contributed by atoms with E-state index in [1.165, 1.54) is 12.1 Å². The van der Waals surface area contributed by atoms with E-state index in [0.29, 0.717) is 16.9 Å². The smallest absolute Gasteiger partial charge is 0.211 e. The molecule has 112 valence electrons. The van der Waals surface area contributed by atoms with Crippen molar-refractivity contribution in [3.63, 3.8) is 0 Å². The molecule has 2 aromatic rings. The van der Waals surface area contributed by atoms with E-state index in [9.17, 15) is 12.8 Å². The van der Waals surface area contributed by atoms with Gasteiger partial charge in [-0.2, -0.15) is 0 Å². The van der Waals surface area contributed by atoms with Crippen molar-refractivity contribution in [1.82, 2.24) is 4.72 Å². The van der Waals surface area contributed by atoms with Crippen LogP contribution >= 0.6 is 0 Å². The Morgan fingerprint density at radius 3 is 2.43 bits per heavy atom. The molecule has 3 nitrogen and oxygen atoms in total. The highest BCUT2D eigenvalue weighted by Gasteiger charge is 2.15. The maximum Gasteiger partial charge on any atom is 0.240 e. The molecule has 0 aliphatic carbocycles. The summed E-state index contributed by atoms with van der Waals surface area (Å²) in [7, 11) is -3.51. The zero-order valence-corrected chi connectivity index (χ0v) is 12.9. The Bertz CT molecular complexity index is 742. The minimum Gasteiger partial charge on any atom is -0.211 e. The molecule has 0 amide bonds. The normalized spacial score (nSPS) is 11.6. The molecule has 0 aliphatic rings. The zero-order chi connectivity index (χ0) is 15.5. The van der Waals surface area contributed by atoms with Gasteiger partial charge in [0.05, 0.1) is 4.90 Å². The lowest BCUT2D eigenvalue weighted by Crippen LogP contribution is -2.26. The van der Waals surface area contributed by atoms with Crippen LogP contribution < -0.4 is 4.72 Å². The first-order valence-electron chi connectivity index (χ1n) is 6.70. The van der Waals surface area contributed by atoms with Crippen LogP contribution in [0.3, 0.4) is 0 Å². The highest BCUT2D eigenvalue weighted by molar-refractivity contribution is 7.89. The Balaban J connectivity index is 2.04. The molecular formula is C16H18FNO2S. The van der Waals surface area contributed by atoms with E-state index in [1.807, 2.05) is 6.92 Å². The number of hydrogen-bond acceptors (Lipinski definition) is 2. The van der Waals surface area contributed by atoms with E-state index in [1.54, 1.807) is 37.3 Å². The van der Waals surface area contributed by atoms with Crippen LogP contribution in [0.5, 0.6) is 0 Å². The monoisotopic (exact) mass is 307 g/mol. The fraction of sp³-hybridized carbons (Fsp3) is 0.250. The summed E-state index contributed by atoms with van der Waals surface area (Å²) >= 11 is 0. The minimum atomic E-state index is -3.51. The Hall–Kier alpha value is -1.72. The average molecular weight is 307 g/mol. The van der Waals surface area contributed by atoms with Gasteiger partial charge >= 0.3 is 0 Å². The molecule has 0 bridgehead atoms. The van der Waals surface area contributed by atoms with Crippen LogP contribution in [0.4, 0.5) is 4.39 Å². The first-order chi connectivity index (χ1) is 9.90. The van der Waals surface area contributed by atoms with Gasteiger partial charge in [-0.3, -0.25) is 0 Å². The van der Waals surface area contributed by atoms with Crippen molar-refractivity contribution in [2.75, 3.05) is 6.54 Å². The summed E-state index contributed by atoms with van der Waals surface area (Å²) in [6.07, 6.45) is 0.525. The third-order valence-corrected chi connectivity index (χ3v) is 5.00. The lowest BCUT2D eigenvalue weighted by atomic mass is 10.1. The van der Waals surface area contributed by atoms with Crippen LogP contribution in [0.1, 0.15) is 16.7 Å². The fourth-order valence-electron chi connectivity index (χ4n) is 2.20. The van der Waals surface area contributed by atoms with E-state index < -0.39 is 10.0 Å². The van der Waals surface area contributed by atoms with Gasteiger partial charge in [-0.15, -0.1) is 0 Å². The maximum atomic E-state index is 13.0. The molecule has 0 fully saturated rings. The van der Waals surface area contributed by atoms with E-state index in [4.69, 9.17) is 0 Å². The number of rotatable bonds is 5. The van der Waals surface area contributed by atoms with Crippen molar-refractivity contribution in [3.05, 3.63) is 65.0 Å². The van der Waals surface area contributed by atoms with Gasteiger partial charge in [-0.05, 0) is 55.2 Å². The summed E-state index contributed by atoms with van der Waals surface area (Å²) in [6, 6.07) is 11.4. The van der Waals surface area contributed by atoms with Crippen molar-refractivity contribution < 1.29 is 12.8 Å². The topological polar surface area (TPSA) is 46.2 Å². The second kappa shape index (κ2) is 6.37. The van der Waals surface area contributed by atoms with Crippen molar-refractivity contribution >= 4 is 10.0 Å². The highest BCUT2D eigenvalue weighted by atomic mass is 32.2. The number of hydrogen-bond donors (Lipinski definition) is 1. The molecular weight excluding hydrogens is 289 g/mol. The molecule has 0 unspecified atom stereocenters. The zero-order valence-electron chi connectivity index (χ0n) is 12.1. The number of sulfonamides is 1. The van der Waals surface area contributed by atoms with Gasteiger partial charge in [0.2, 0.25) is 10.0 Å². The van der Waals surface area contributed by atoms with Crippen LogP contribution in [0.25, 0.3) is 0 Å². The van der Waals surface area contributed by atoms with Crippen LogP contribution in [0.15, 0.2) is 47.4 Å². The van der Waals surface area contributed by atoms with Crippen LogP contribution in [0.2, 0.25) is 0 Å². The molecule has 0 spiro atoms. The molecule has 0 radical (unpaired) electrons. The molecule has 0 heterocycles. The predicted octanol–water partition coefficient (Wildman–Crippen LogP) is 2.96. The standard InChI is InChI=1S/C16H18FNO2S/c1-12-5-3-4-6-16(12)21(19,20)18-10-9-14-7-8-15(17)11-13(14)2/h3-8,11,18H,9-10H2,1-2H3. The number of halogens is 1. The van der Waals surface area contributed by atoms with Gasteiger partial charge < -0.3 is 0 Å². The fourth-order valence-corrected chi connectivity index (χ4v) is 3.47. The molecule has 0 aromatic heterocycles. The van der Waals surface area contributed by atoms with Gasteiger partial charge in [0.25, 0.3) is 0 Å². The molecule has 0 atom stereocenters. The Morgan fingerprint density at radius 2 is 1.76 bits per heavy atom. The average Bonchev–Trinajstić information content (AvgIpc) is 2.41.